The van der Waals surface area contributed by atoms with Crippen molar-refractivity contribution in [3.8, 4) is 33.9 Å². The SMILES string of the molecule is c1ccc(-c2cncc3[nH]c(-c4n[nH]c5ccc(-c6cncc(CN7CCCCC7)c6)nc45)cc23)nc1. The fourth-order valence-electron chi connectivity index (χ4n) is 5.24. The van der Waals surface area contributed by atoms with Crippen LogP contribution in [-0.4, -0.2) is 53.1 Å². The van der Waals surface area contributed by atoms with Gasteiger partial charge in [-0.2, -0.15) is 5.10 Å². The van der Waals surface area contributed by atoms with E-state index >= 15 is 0 Å². The lowest BCUT2D eigenvalue weighted by Crippen LogP contribution is -2.29. The number of pyridine rings is 4. The summed E-state index contributed by atoms with van der Waals surface area (Å²) in [5.74, 6) is 0. The van der Waals surface area contributed by atoms with Crippen molar-refractivity contribution < 1.29 is 0 Å². The highest BCUT2D eigenvalue weighted by atomic mass is 15.1. The number of hydrogen-bond acceptors (Lipinski definition) is 6. The zero-order chi connectivity index (χ0) is 24.6. The number of likely N-dealkylation sites (tertiary alicyclic amines) is 1. The maximum absolute atomic E-state index is 5.03. The van der Waals surface area contributed by atoms with Crippen LogP contribution >= 0.6 is 0 Å². The van der Waals surface area contributed by atoms with Crippen LogP contribution in [0.1, 0.15) is 24.8 Å². The van der Waals surface area contributed by atoms with Gasteiger partial charge in [0.25, 0.3) is 0 Å². The zero-order valence-corrected chi connectivity index (χ0v) is 20.4. The van der Waals surface area contributed by atoms with E-state index in [4.69, 9.17) is 4.98 Å². The van der Waals surface area contributed by atoms with Gasteiger partial charge in [0.2, 0.25) is 0 Å². The Labute approximate surface area is 213 Å². The molecular weight excluding hydrogens is 460 g/mol. The molecule has 6 aromatic heterocycles. The molecule has 1 fully saturated rings. The van der Waals surface area contributed by atoms with Gasteiger partial charge in [-0.05, 0) is 67.9 Å². The second-order valence-corrected chi connectivity index (χ2v) is 9.63. The Morgan fingerprint density at radius 3 is 2.65 bits per heavy atom. The van der Waals surface area contributed by atoms with Gasteiger partial charge in [-0.15, -0.1) is 0 Å². The number of nitrogens with zero attached hydrogens (tertiary/aromatic N) is 6. The molecule has 0 aliphatic carbocycles. The lowest BCUT2D eigenvalue weighted by Gasteiger charge is -2.26. The molecule has 0 bridgehead atoms. The summed E-state index contributed by atoms with van der Waals surface area (Å²) in [6.45, 7) is 3.26. The van der Waals surface area contributed by atoms with Crippen molar-refractivity contribution in [2.75, 3.05) is 13.1 Å². The first-order chi connectivity index (χ1) is 18.3. The van der Waals surface area contributed by atoms with Crippen molar-refractivity contribution in [2.45, 2.75) is 25.8 Å². The first-order valence-corrected chi connectivity index (χ1v) is 12.7. The van der Waals surface area contributed by atoms with Gasteiger partial charge >= 0.3 is 0 Å². The van der Waals surface area contributed by atoms with Gasteiger partial charge in [0, 0.05) is 47.8 Å². The van der Waals surface area contributed by atoms with Crippen molar-refractivity contribution in [3.63, 3.8) is 0 Å². The number of H-pyrrole nitrogens is 2. The molecule has 0 aromatic carbocycles. The minimum absolute atomic E-state index is 0.775. The van der Waals surface area contributed by atoms with E-state index in [0.29, 0.717) is 0 Å². The van der Waals surface area contributed by atoms with Crippen molar-refractivity contribution in [1.29, 1.82) is 0 Å². The maximum atomic E-state index is 5.03. The van der Waals surface area contributed by atoms with Gasteiger partial charge in [0.1, 0.15) is 11.2 Å². The third-order valence-corrected chi connectivity index (χ3v) is 7.09. The molecule has 7 rings (SSSR count). The molecule has 0 saturated carbocycles. The van der Waals surface area contributed by atoms with Crippen LogP contribution in [0, 0.1) is 0 Å². The molecule has 182 valence electrons. The fourth-order valence-corrected chi connectivity index (χ4v) is 5.24. The zero-order valence-electron chi connectivity index (χ0n) is 20.4. The Balaban J connectivity index is 1.26. The molecule has 0 amide bonds. The van der Waals surface area contributed by atoms with Crippen LogP contribution in [0.3, 0.4) is 0 Å². The summed E-state index contributed by atoms with van der Waals surface area (Å²) in [6, 6.07) is 14.3. The van der Waals surface area contributed by atoms with E-state index in [2.05, 4.69) is 47.2 Å². The predicted molar refractivity (Wildman–Crippen MR) is 145 cm³/mol. The third-order valence-electron chi connectivity index (χ3n) is 7.09. The second kappa shape index (κ2) is 9.22. The molecule has 2 N–H and O–H groups in total. The molecule has 0 atom stereocenters. The molecule has 6 aromatic rings. The van der Waals surface area contributed by atoms with E-state index in [1.54, 1.807) is 6.20 Å². The average Bonchev–Trinajstić information content (AvgIpc) is 3.58. The molecule has 7 heterocycles. The second-order valence-electron chi connectivity index (χ2n) is 9.63. The van der Waals surface area contributed by atoms with Gasteiger partial charge in [0.15, 0.2) is 0 Å². The van der Waals surface area contributed by atoms with Crippen LogP contribution in [0.15, 0.2) is 73.4 Å². The van der Waals surface area contributed by atoms with Crippen molar-refractivity contribution in [2.24, 2.45) is 0 Å². The van der Waals surface area contributed by atoms with Crippen LogP contribution in [-0.2, 0) is 6.54 Å². The highest BCUT2D eigenvalue weighted by molar-refractivity contribution is 5.99. The molecule has 1 aliphatic heterocycles. The highest BCUT2D eigenvalue weighted by Crippen LogP contribution is 2.33. The molecule has 8 nitrogen and oxygen atoms in total. The molecule has 0 unspecified atom stereocenters. The topological polar surface area (TPSA) is 99.3 Å². The summed E-state index contributed by atoms with van der Waals surface area (Å²) < 4.78 is 0. The van der Waals surface area contributed by atoms with E-state index in [1.165, 1.54) is 24.8 Å². The van der Waals surface area contributed by atoms with E-state index < -0.39 is 0 Å². The Morgan fingerprint density at radius 2 is 1.76 bits per heavy atom. The summed E-state index contributed by atoms with van der Waals surface area (Å²) in [6.07, 6.45) is 13.2. The van der Waals surface area contributed by atoms with Gasteiger partial charge in [-0.3, -0.25) is 25.0 Å². The maximum Gasteiger partial charge on any atom is 0.135 e. The number of aromatic nitrogens is 7. The molecule has 0 spiro atoms. The van der Waals surface area contributed by atoms with Gasteiger partial charge in [-0.1, -0.05) is 12.5 Å². The fraction of sp³-hybridized carbons (Fsp3) is 0.207. The highest BCUT2D eigenvalue weighted by Gasteiger charge is 2.17. The molecule has 1 aliphatic rings. The molecule has 0 radical (unpaired) electrons. The summed E-state index contributed by atoms with van der Waals surface area (Å²) in [7, 11) is 0. The minimum atomic E-state index is 0.775. The van der Waals surface area contributed by atoms with Crippen LogP contribution in [0.5, 0.6) is 0 Å². The largest absolute Gasteiger partial charge is 0.352 e. The van der Waals surface area contributed by atoms with Gasteiger partial charge in [-0.25, -0.2) is 4.98 Å². The average molecular weight is 487 g/mol. The van der Waals surface area contributed by atoms with Crippen LogP contribution in [0.2, 0.25) is 0 Å². The van der Waals surface area contributed by atoms with Crippen LogP contribution in [0.4, 0.5) is 0 Å². The Kier molecular flexibility index (Phi) is 5.44. The first-order valence-electron chi connectivity index (χ1n) is 12.7. The van der Waals surface area contributed by atoms with E-state index in [-0.39, 0.29) is 0 Å². The number of fused-ring (bicyclic) bond motifs is 2. The lowest BCUT2D eigenvalue weighted by atomic mass is 10.1. The number of piperidine rings is 1. The number of hydrogen-bond donors (Lipinski definition) is 2. The minimum Gasteiger partial charge on any atom is -0.352 e. The monoisotopic (exact) mass is 486 g/mol. The lowest BCUT2D eigenvalue weighted by molar-refractivity contribution is 0.220. The standard InChI is InChI=1S/C29H26N8/c1-4-10-37(11-5-1)18-19-12-20(15-30-14-19)23-7-8-25-28(34-23)29(36-35-25)26-13-21-22(16-31-17-27(21)33-26)24-6-2-3-9-32-24/h2-3,6-9,12-17,33H,1,4-5,10-11,18H2,(H,35,36). The van der Waals surface area contributed by atoms with E-state index in [1.807, 2.05) is 55.1 Å². The van der Waals surface area contributed by atoms with Crippen molar-refractivity contribution >= 4 is 21.9 Å². The van der Waals surface area contributed by atoms with Crippen LogP contribution in [0.25, 0.3) is 55.8 Å². The normalized spacial score (nSPS) is 14.5. The predicted octanol–water partition coefficient (Wildman–Crippen LogP) is 5.61. The Hall–Kier alpha value is -4.43. The number of rotatable bonds is 5. The van der Waals surface area contributed by atoms with Gasteiger partial charge < -0.3 is 4.98 Å². The van der Waals surface area contributed by atoms with E-state index in [0.717, 1.165) is 75.5 Å². The summed E-state index contributed by atoms with van der Waals surface area (Å²) in [4.78, 5) is 24.5. The first kappa shape index (κ1) is 21.8. The molecule has 37 heavy (non-hydrogen) atoms. The Morgan fingerprint density at radius 1 is 0.838 bits per heavy atom. The molecular formula is C29H26N8. The quantitative estimate of drug-likeness (QED) is 0.329. The van der Waals surface area contributed by atoms with Crippen molar-refractivity contribution in [1.82, 2.24) is 40.0 Å². The smallest absolute Gasteiger partial charge is 0.135 e. The number of aromatic amines is 2. The van der Waals surface area contributed by atoms with Gasteiger partial charge in [0.05, 0.1) is 34.3 Å². The molecule has 8 heteroatoms. The summed E-state index contributed by atoms with van der Waals surface area (Å²) in [5, 5.41) is 8.80. The summed E-state index contributed by atoms with van der Waals surface area (Å²) in [5.41, 5.74) is 9.28. The molecule has 1 saturated heterocycles. The number of nitrogens with one attached hydrogen (secondary N) is 2. The van der Waals surface area contributed by atoms with Crippen molar-refractivity contribution in [3.05, 3.63) is 79.0 Å². The van der Waals surface area contributed by atoms with Crippen LogP contribution < -0.4 is 0 Å². The Bertz CT molecular complexity index is 1700. The summed E-state index contributed by atoms with van der Waals surface area (Å²) >= 11 is 0. The third kappa shape index (κ3) is 4.15. The van der Waals surface area contributed by atoms with E-state index in [9.17, 15) is 0 Å².